The van der Waals surface area contributed by atoms with Gasteiger partial charge in [-0.3, -0.25) is 4.99 Å². The van der Waals surface area contributed by atoms with E-state index >= 15 is 0 Å². The van der Waals surface area contributed by atoms with E-state index in [9.17, 15) is 9.18 Å². The number of carbonyl (C=O) groups is 1. The number of aliphatic imine (C=N–C) groups is 1. The third-order valence-corrected chi connectivity index (χ3v) is 3.29. The molecule has 0 spiro atoms. The van der Waals surface area contributed by atoms with Gasteiger partial charge in [0, 0.05) is 33.7 Å². The summed E-state index contributed by atoms with van der Waals surface area (Å²) in [5.41, 5.74) is 0.547. The van der Waals surface area contributed by atoms with Gasteiger partial charge in [-0.05, 0) is 44.9 Å². The molecule has 1 aromatic rings. The van der Waals surface area contributed by atoms with Crippen LogP contribution in [-0.2, 0) is 11.2 Å². The van der Waals surface area contributed by atoms with E-state index in [2.05, 4.69) is 15.6 Å². The molecule has 0 aliphatic rings. The summed E-state index contributed by atoms with van der Waals surface area (Å²) >= 11 is 0. The highest BCUT2D eigenvalue weighted by Gasteiger charge is 2.19. The molecule has 2 N–H and O–H groups in total. The van der Waals surface area contributed by atoms with E-state index in [1.165, 1.54) is 17.0 Å². The number of guanidine groups is 1. The van der Waals surface area contributed by atoms with Gasteiger partial charge in [0.05, 0.1) is 0 Å². The van der Waals surface area contributed by atoms with E-state index < -0.39 is 5.60 Å². The number of hydrogen-bond donors (Lipinski definition) is 2. The normalized spacial score (nSPS) is 11.8. The molecule has 1 rings (SSSR count). The molecule has 0 aromatic heterocycles. The Hall–Kier alpha value is -2.31. The van der Waals surface area contributed by atoms with Crippen molar-refractivity contribution in [2.24, 2.45) is 4.99 Å². The molecule has 1 aromatic carbocycles. The predicted molar refractivity (Wildman–Crippen MR) is 98.3 cm³/mol. The zero-order chi connectivity index (χ0) is 18.9. The summed E-state index contributed by atoms with van der Waals surface area (Å²) in [6, 6.07) is 6.44. The van der Waals surface area contributed by atoms with Crippen LogP contribution in [0.3, 0.4) is 0 Å². The van der Waals surface area contributed by atoms with E-state index in [0.29, 0.717) is 25.6 Å². The fraction of sp³-hybridized carbons (Fsp3) is 0.556. The molecule has 6 nitrogen and oxygen atoms in total. The Morgan fingerprint density at radius 3 is 2.36 bits per heavy atom. The number of nitrogens with one attached hydrogen (secondary N) is 2. The quantitative estimate of drug-likeness (QED) is 0.609. The van der Waals surface area contributed by atoms with Crippen molar-refractivity contribution < 1.29 is 13.9 Å². The van der Waals surface area contributed by atoms with Gasteiger partial charge < -0.3 is 20.3 Å². The van der Waals surface area contributed by atoms with Crippen LogP contribution < -0.4 is 10.6 Å². The van der Waals surface area contributed by atoms with Crippen molar-refractivity contribution in [2.75, 3.05) is 33.7 Å². The maximum absolute atomic E-state index is 12.9. The van der Waals surface area contributed by atoms with Gasteiger partial charge in [-0.1, -0.05) is 12.1 Å². The van der Waals surface area contributed by atoms with Crippen LogP contribution in [0.5, 0.6) is 0 Å². The summed E-state index contributed by atoms with van der Waals surface area (Å²) in [6.45, 7) is 7.23. The third kappa shape index (κ3) is 8.93. The summed E-state index contributed by atoms with van der Waals surface area (Å²) < 4.78 is 18.2. The summed E-state index contributed by atoms with van der Waals surface area (Å²) in [5.74, 6) is 0.419. The van der Waals surface area contributed by atoms with Gasteiger partial charge >= 0.3 is 6.09 Å². The lowest BCUT2D eigenvalue weighted by Crippen LogP contribution is -2.43. The Morgan fingerprint density at radius 2 is 1.80 bits per heavy atom. The molecule has 0 saturated carbocycles. The van der Waals surface area contributed by atoms with Crippen molar-refractivity contribution in [2.45, 2.75) is 32.8 Å². The molecule has 140 valence electrons. The molecule has 0 saturated heterocycles. The molecule has 0 radical (unpaired) electrons. The van der Waals surface area contributed by atoms with Crippen LogP contribution in [0.2, 0.25) is 0 Å². The Bertz CT molecular complexity index is 567. The van der Waals surface area contributed by atoms with E-state index in [1.807, 2.05) is 20.8 Å². The average Bonchev–Trinajstić information content (AvgIpc) is 2.53. The third-order valence-electron chi connectivity index (χ3n) is 3.29. The highest BCUT2D eigenvalue weighted by Crippen LogP contribution is 2.08. The monoisotopic (exact) mass is 352 g/mol. The topological polar surface area (TPSA) is 66.0 Å². The second-order valence-corrected chi connectivity index (χ2v) is 6.70. The van der Waals surface area contributed by atoms with Gasteiger partial charge in [0.1, 0.15) is 11.4 Å². The molecule has 0 unspecified atom stereocenters. The summed E-state index contributed by atoms with van der Waals surface area (Å²) in [5, 5.41) is 6.33. The van der Waals surface area contributed by atoms with Crippen molar-refractivity contribution in [3.8, 4) is 0 Å². The minimum Gasteiger partial charge on any atom is -0.444 e. The van der Waals surface area contributed by atoms with E-state index in [4.69, 9.17) is 4.74 Å². The Kier molecular flexibility index (Phi) is 8.18. The molecule has 0 bridgehead atoms. The molecular formula is C18H29FN4O2. The van der Waals surface area contributed by atoms with Crippen LogP contribution >= 0.6 is 0 Å². The van der Waals surface area contributed by atoms with Gasteiger partial charge in [-0.15, -0.1) is 0 Å². The van der Waals surface area contributed by atoms with Crippen LogP contribution in [0, 0.1) is 5.82 Å². The van der Waals surface area contributed by atoms with Crippen LogP contribution in [0.4, 0.5) is 9.18 Å². The van der Waals surface area contributed by atoms with Crippen LogP contribution in [0.25, 0.3) is 0 Å². The van der Waals surface area contributed by atoms with Crippen molar-refractivity contribution >= 4 is 12.1 Å². The number of hydrogen-bond acceptors (Lipinski definition) is 3. The molecular weight excluding hydrogens is 323 g/mol. The summed E-state index contributed by atoms with van der Waals surface area (Å²) in [4.78, 5) is 17.5. The number of benzene rings is 1. The number of amides is 1. The Balaban J connectivity index is 2.27. The highest BCUT2D eigenvalue weighted by molar-refractivity contribution is 5.79. The predicted octanol–water partition coefficient (Wildman–Crippen LogP) is 2.40. The molecule has 0 fully saturated rings. The lowest BCUT2D eigenvalue weighted by atomic mass is 10.1. The minimum atomic E-state index is -0.503. The number of carbonyl (C=O) groups excluding carboxylic acids is 1. The van der Waals surface area contributed by atoms with Crippen molar-refractivity contribution in [1.29, 1.82) is 0 Å². The van der Waals surface area contributed by atoms with E-state index in [1.54, 1.807) is 26.2 Å². The number of rotatable bonds is 6. The molecule has 1 amide bonds. The zero-order valence-electron chi connectivity index (χ0n) is 15.7. The molecule has 0 aliphatic carbocycles. The smallest absolute Gasteiger partial charge is 0.410 e. The first-order chi connectivity index (χ1) is 11.7. The number of nitrogens with zero attached hydrogens (tertiary/aromatic N) is 2. The molecule has 0 heterocycles. The number of ether oxygens (including phenoxy) is 1. The first-order valence-electron chi connectivity index (χ1n) is 8.34. The van der Waals surface area contributed by atoms with Gasteiger partial charge in [0.25, 0.3) is 0 Å². The lowest BCUT2D eigenvalue weighted by molar-refractivity contribution is 0.0302. The summed E-state index contributed by atoms with van der Waals surface area (Å²) in [6.07, 6.45) is 0.410. The van der Waals surface area contributed by atoms with Crippen LogP contribution in [0.1, 0.15) is 26.3 Å². The number of likely N-dealkylation sites (N-methyl/N-ethyl adjacent to an activating group) is 1. The number of halogens is 1. The minimum absolute atomic E-state index is 0.233. The van der Waals surface area contributed by atoms with Gasteiger partial charge in [-0.25, -0.2) is 9.18 Å². The van der Waals surface area contributed by atoms with Crippen LogP contribution in [0.15, 0.2) is 29.3 Å². The largest absolute Gasteiger partial charge is 0.444 e. The molecule has 0 atom stereocenters. The fourth-order valence-corrected chi connectivity index (χ4v) is 1.97. The van der Waals surface area contributed by atoms with E-state index in [0.717, 1.165) is 12.0 Å². The molecule has 25 heavy (non-hydrogen) atoms. The Labute approximate surface area is 149 Å². The zero-order valence-corrected chi connectivity index (χ0v) is 15.7. The van der Waals surface area contributed by atoms with Gasteiger partial charge in [0.15, 0.2) is 5.96 Å². The SMILES string of the molecule is CN=C(NCCc1ccc(F)cc1)NCCN(C)C(=O)OC(C)(C)C. The van der Waals surface area contributed by atoms with Crippen molar-refractivity contribution in [1.82, 2.24) is 15.5 Å². The van der Waals surface area contributed by atoms with Gasteiger partial charge in [0.2, 0.25) is 0 Å². The van der Waals surface area contributed by atoms with Crippen molar-refractivity contribution in [3.63, 3.8) is 0 Å². The fourth-order valence-electron chi connectivity index (χ4n) is 1.97. The van der Waals surface area contributed by atoms with E-state index in [-0.39, 0.29) is 11.9 Å². The second kappa shape index (κ2) is 9.86. The Morgan fingerprint density at radius 1 is 1.20 bits per heavy atom. The highest BCUT2D eigenvalue weighted by atomic mass is 19.1. The average molecular weight is 352 g/mol. The standard InChI is InChI=1S/C18H29FN4O2/c1-18(2,3)25-17(24)23(5)13-12-22-16(20-4)21-11-10-14-6-8-15(19)9-7-14/h6-9H,10-13H2,1-5H3,(H2,20,21,22). The molecule has 0 aliphatic heterocycles. The lowest BCUT2D eigenvalue weighted by Gasteiger charge is -2.24. The van der Waals surface area contributed by atoms with Gasteiger partial charge in [-0.2, -0.15) is 0 Å². The maximum atomic E-state index is 12.9. The first kappa shape index (κ1) is 20.7. The second-order valence-electron chi connectivity index (χ2n) is 6.70. The molecule has 7 heteroatoms. The van der Waals surface area contributed by atoms with Crippen molar-refractivity contribution in [3.05, 3.63) is 35.6 Å². The first-order valence-corrected chi connectivity index (χ1v) is 8.34. The van der Waals surface area contributed by atoms with Crippen LogP contribution in [-0.4, -0.2) is 56.3 Å². The maximum Gasteiger partial charge on any atom is 0.410 e. The summed E-state index contributed by atoms with van der Waals surface area (Å²) in [7, 11) is 3.38.